The van der Waals surface area contributed by atoms with Gasteiger partial charge in [-0.2, -0.15) is 0 Å². The zero-order chi connectivity index (χ0) is 16.4. The Bertz CT molecular complexity index is 861. The minimum atomic E-state index is 0.924. The highest BCUT2D eigenvalue weighted by atomic mass is 15.1. The van der Waals surface area contributed by atoms with Gasteiger partial charge in [0, 0.05) is 23.5 Å². The van der Waals surface area contributed by atoms with E-state index in [0.29, 0.717) is 0 Å². The number of rotatable bonds is 3. The van der Waals surface area contributed by atoms with Gasteiger partial charge >= 0.3 is 0 Å². The van der Waals surface area contributed by atoms with Crippen molar-refractivity contribution >= 4 is 5.57 Å². The molecular formula is C21H21N3. The van der Waals surface area contributed by atoms with E-state index in [1.807, 2.05) is 12.1 Å². The maximum absolute atomic E-state index is 5.05. The summed E-state index contributed by atoms with van der Waals surface area (Å²) in [7, 11) is 0. The van der Waals surface area contributed by atoms with Crippen LogP contribution < -0.4 is 5.32 Å². The highest BCUT2D eigenvalue weighted by molar-refractivity contribution is 5.71. The summed E-state index contributed by atoms with van der Waals surface area (Å²) in [6, 6.07) is 20.9. The largest absolute Gasteiger partial charge is 0.313 e. The van der Waals surface area contributed by atoms with E-state index in [1.165, 1.54) is 11.3 Å². The molecule has 0 amide bonds. The van der Waals surface area contributed by atoms with Crippen LogP contribution in [0.15, 0.2) is 66.7 Å². The van der Waals surface area contributed by atoms with E-state index in [4.69, 9.17) is 4.98 Å². The number of benzene rings is 2. The van der Waals surface area contributed by atoms with Crippen LogP contribution >= 0.6 is 0 Å². The van der Waals surface area contributed by atoms with Crippen LogP contribution in [0.1, 0.15) is 17.8 Å². The summed E-state index contributed by atoms with van der Waals surface area (Å²) in [6.45, 7) is 4.11. The molecule has 4 rings (SSSR count). The number of para-hydroxylation sites is 1. The number of nitrogens with one attached hydrogen (secondary N) is 1. The molecule has 3 aromatic rings. The molecule has 0 saturated heterocycles. The van der Waals surface area contributed by atoms with Crippen LogP contribution in [0.5, 0.6) is 0 Å². The van der Waals surface area contributed by atoms with E-state index >= 15 is 0 Å². The van der Waals surface area contributed by atoms with E-state index in [0.717, 1.165) is 42.3 Å². The summed E-state index contributed by atoms with van der Waals surface area (Å²) in [4.78, 5) is 5.05. The first-order valence-electron chi connectivity index (χ1n) is 8.45. The van der Waals surface area contributed by atoms with Gasteiger partial charge in [0.2, 0.25) is 0 Å². The highest BCUT2D eigenvalue weighted by Crippen LogP contribution is 2.31. The van der Waals surface area contributed by atoms with Gasteiger partial charge in [0.1, 0.15) is 5.82 Å². The molecule has 120 valence electrons. The van der Waals surface area contributed by atoms with E-state index in [9.17, 15) is 0 Å². The molecule has 0 fully saturated rings. The Hall–Kier alpha value is -2.65. The quantitative estimate of drug-likeness (QED) is 0.784. The molecular weight excluding hydrogens is 294 g/mol. The predicted molar refractivity (Wildman–Crippen MR) is 99.2 cm³/mol. The minimum Gasteiger partial charge on any atom is -0.313 e. The molecule has 3 heteroatoms. The fourth-order valence-corrected chi connectivity index (χ4v) is 3.32. The molecule has 0 radical (unpaired) electrons. The van der Waals surface area contributed by atoms with Crippen molar-refractivity contribution in [2.24, 2.45) is 0 Å². The SMILES string of the molecule is Cc1c(C2=CCNCC2)nc(-c2ccccc2)n1-c1ccccc1. The molecule has 0 bridgehead atoms. The Labute approximate surface area is 142 Å². The molecule has 1 aliphatic heterocycles. The molecule has 0 unspecified atom stereocenters. The molecule has 1 aromatic heterocycles. The fourth-order valence-electron chi connectivity index (χ4n) is 3.32. The van der Waals surface area contributed by atoms with Gasteiger partial charge in [-0.3, -0.25) is 4.57 Å². The molecule has 0 aliphatic carbocycles. The van der Waals surface area contributed by atoms with Gasteiger partial charge in [0.15, 0.2) is 0 Å². The fraction of sp³-hybridized carbons (Fsp3) is 0.190. The predicted octanol–water partition coefficient (Wildman–Crippen LogP) is 4.22. The minimum absolute atomic E-state index is 0.924. The van der Waals surface area contributed by atoms with Crippen LogP contribution in [-0.4, -0.2) is 22.6 Å². The normalized spacial score (nSPS) is 14.5. The lowest BCUT2D eigenvalue weighted by Gasteiger charge is -2.13. The standard InChI is InChI=1S/C21H21N3/c1-16-20(17-12-14-22-15-13-17)23-21(18-8-4-2-5-9-18)24(16)19-10-6-3-7-11-19/h2-12,22H,13-15H2,1H3. The first kappa shape index (κ1) is 14.9. The topological polar surface area (TPSA) is 29.9 Å². The molecule has 1 N–H and O–H groups in total. The molecule has 3 nitrogen and oxygen atoms in total. The second-order valence-corrected chi connectivity index (χ2v) is 6.09. The zero-order valence-electron chi connectivity index (χ0n) is 13.9. The smallest absolute Gasteiger partial charge is 0.145 e. The second kappa shape index (κ2) is 6.46. The molecule has 1 aliphatic rings. The first-order valence-corrected chi connectivity index (χ1v) is 8.45. The van der Waals surface area contributed by atoms with Gasteiger partial charge in [-0.15, -0.1) is 0 Å². The van der Waals surface area contributed by atoms with Crippen LogP contribution in [0.4, 0.5) is 0 Å². The van der Waals surface area contributed by atoms with Crippen molar-refractivity contribution in [1.29, 1.82) is 0 Å². The van der Waals surface area contributed by atoms with Crippen molar-refractivity contribution in [3.8, 4) is 17.1 Å². The Morgan fingerprint density at radius 2 is 1.67 bits per heavy atom. The summed E-state index contributed by atoms with van der Waals surface area (Å²) in [5.41, 5.74) is 5.97. The average Bonchev–Trinajstić information content (AvgIpc) is 3.01. The summed E-state index contributed by atoms with van der Waals surface area (Å²) in [5.74, 6) is 1.01. The summed E-state index contributed by atoms with van der Waals surface area (Å²) >= 11 is 0. The highest BCUT2D eigenvalue weighted by Gasteiger charge is 2.19. The molecule has 0 spiro atoms. The Morgan fingerprint density at radius 1 is 0.958 bits per heavy atom. The van der Waals surface area contributed by atoms with Crippen molar-refractivity contribution in [3.05, 3.63) is 78.1 Å². The number of imidazole rings is 1. The third-order valence-corrected chi connectivity index (χ3v) is 4.52. The molecule has 2 heterocycles. The van der Waals surface area contributed by atoms with Gasteiger partial charge in [0.25, 0.3) is 0 Å². The lowest BCUT2D eigenvalue weighted by molar-refractivity contribution is 0.736. The van der Waals surface area contributed by atoms with Crippen molar-refractivity contribution in [3.63, 3.8) is 0 Å². The molecule has 0 saturated carbocycles. The lowest BCUT2D eigenvalue weighted by Crippen LogP contribution is -2.20. The van der Waals surface area contributed by atoms with Gasteiger partial charge in [-0.25, -0.2) is 4.98 Å². The van der Waals surface area contributed by atoms with Gasteiger partial charge in [-0.1, -0.05) is 54.6 Å². The van der Waals surface area contributed by atoms with Crippen LogP contribution in [0.2, 0.25) is 0 Å². The van der Waals surface area contributed by atoms with Crippen LogP contribution in [-0.2, 0) is 0 Å². The van der Waals surface area contributed by atoms with Crippen LogP contribution in [0.25, 0.3) is 22.6 Å². The molecule has 24 heavy (non-hydrogen) atoms. The number of aromatic nitrogens is 2. The zero-order valence-corrected chi connectivity index (χ0v) is 13.9. The van der Waals surface area contributed by atoms with E-state index in [1.54, 1.807) is 0 Å². The summed E-state index contributed by atoms with van der Waals surface area (Å²) in [5, 5.41) is 3.38. The Kier molecular flexibility index (Phi) is 4.01. The molecule has 0 atom stereocenters. The van der Waals surface area contributed by atoms with Crippen molar-refractivity contribution in [2.45, 2.75) is 13.3 Å². The van der Waals surface area contributed by atoms with E-state index in [-0.39, 0.29) is 0 Å². The van der Waals surface area contributed by atoms with Crippen molar-refractivity contribution < 1.29 is 0 Å². The van der Waals surface area contributed by atoms with Gasteiger partial charge in [0.05, 0.1) is 5.69 Å². The van der Waals surface area contributed by atoms with E-state index in [2.05, 4.69) is 71.4 Å². The van der Waals surface area contributed by atoms with E-state index < -0.39 is 0 Å². The van der Waals surface area contributed by atoms with Crippen LogP contribution in [0, 0.1) is 6.92 Å². The number of hydrogen-bond donors (Lipinski definition) is 1. The third-order valence-electron chi connectivity index (χ3n) is 4.52. The number of nitrogens with zero attached hydrogens (tertiary/aromatic N) is 2. The maximum atomic E-state index is 5.05. The Balaban J connectivity index is 1.93. The third kappa shape index (κ3) is 2.68. The molecule has 2 aromatic carbocycles. The van der Waals surface area contributed by atoms with Gasteiger partial charge in [-0.05, 0) is 37.6 Å². The Morgan fingerprint density at radius 3 is 2.33 bits per heavy atom. The van der Waals surface area contributed by atoms with Crippen molar-refractivity contribution in [1.82, 2.24) is 14.9 Å². The van der Waals surface area contributed by atoms with Gasteiger partial charge < -0.3 is 5.32 Å². The average molecular weight is 315 g/mol. The van der Waals surface area contributed by atoms with Crippen molar-refractivity contribution in [2.75, 3.05) is 13.1 Å². The monoisotopic (exact) mass is 315 g/mol. The first-order chi connectivity index (χ1) is 11.8. The lowest BCUT2D eigenvalue weighted by atomic mass is 10.0. The maximum Gasteiger partial charge on any atom is 0.145 e. The van der Waals surface area contributed by atoms with Crippen LogP contribution in [0.3, 0.4) is 0 Å². The summed E-state index contributed by atoms with van der Waals surface area (Å²) < 4.78 is 2.27. The summed E-state index contributed by atoms with van der Waals surface area (Å²) in [6.07, 6.45) is 3.30. The second-order valence-electron chi connectivity index (χ2n) is 6.09. The number of hydrogen-bond acceptors (Lipinski definition) is 2.